The molecule has 1 unspecified atom stereocenters. The number of pyridine rings is 1. The van der Waals surface area contributed by atoms with Gasteiger partial charge in [0.15, 0.2) is 0 Å². The first-order valence-corrected chi connectivity index (χ1v) is 7.03. The predicted octanol–water partition coefficient (Wildman–Crippen LogP) is 2.00. The number of likely N-dealkylation sites (tertiary alicyclic amines) is 1. The van der Waals surface area contributed by atoms with Gasteiger partial charge in [0.1, 0.15) is 6.04 Å². The van der Waals surface area contributed by atoms with Gasteiger partial charge >= 0.3 is 6.03 Å². The van der Waals surface area contributed by atoms with Gasteiger partial charge in [-0.3, -0.25) is 4.98 Å². The Morgan fingerprint density at radius 2 is 2.05 bits per heavy atom. The van der Waals surface area contributed by atoms with Gasteiger partial charge in [-0.25, -0.2) is 4.79 Å². The minimum atomic E-state index is -0.318. The predicted molar refractivity (Wildman–Crippen MR) is 75.3 cm³/mol. The first kappa shape index (κ1) is 13.5. The second-order valence-corrected chi connectivity index (χ2v) is 5.06. The molecule has 1 fully saturated rings. The maximum Gasteiger partial charge on any atom is 0.318 e. The number of rotatable bonds is 3. The fraction of sp³-hybridized carbons (Fsp3) is 0.429. The van der Waals surface area contributed by atoms with Crippen LogP contribution < -0.4 is 5.32 Å². The summed E-state index contributed by atoms with van der Waals surface area (Å²) in [6.45, 7) is 3.45. The number of hydrogen-bond acceptors (Lipinski definition) is 5. The second-order valence-electron chi connectivity index (χ2n) is 5.06. The molecule has 1 aliphatic heterocycles. The summed E-state index contributed by atoms with van der Waals surface area (Å²) in [6.07, 6.45) is 5.47. The summed E-state index contributed by atoms with van der Waals surface area (Å²) in [5, 5.41) is 6.81. The average Bonchev–Trinajstić information content (AvgIpc) is 3.20. The molecule has 0 bridgehead atoms. The van der Waals surface area contributed by atoms with E-state index in [1.165, 1.54) is 0 Å². The maximum atomic E-state index is 12.0. The number of nitrogens with zero attached hydrogens (tertiary/aromatic N) is 4. The highest BCUT2D eigenvalue weighted by Gasteiger charge is 2.22. The number of hydrogen-bond donors (Lipinski definition) is 1. The molecule has 2 aromatic heterocycles. The van der Waals surface area contributed by atoms with Gasteiger partial charge in [-0.2, -0.15) is 4.98 Å². The first-order chi connectivity index (χ1) is 10.2. The van der Waals surface area contributed by atoms with Crippen molar-refractivity contribution in [3.05, 3.63) is 30.4 Å². The fourth-order valence-corrected chi connectivity index (χ4v) is 2.29. The van der Waals surface area contributed by atoms with Gasteiger partial charge in [0, 0.05) is 31.0 Å². The molecule has 110 valence electrons. The first-order valence-electron chi connectivity index (χ1n) is 7.03. The summed E-state index contributed by atoms with van der Waals surface area (Å²) in [4.78, 5) is 22.1. The molecule has 0 aromatic carbocycles. The lowest BCUT2D eigenvalue weighted by Crippen LogP contribution is -2.39. The number of amides is 2. The van der Waals surface area contributed by atoms with Crippen molar-refractivity contribution in [3.63, 3.8) is 0 Å². The zero-order chi connectivity index (χ0) is 14.7. The molecular formula is C14H17N5O2. The zero-order valence-electron chi connectivity index (χ0n) is 11.8. The average molecular weight is 287 g/mol. The van der Waals surface area contributed by atoms with E-state index in [2.05, 4.69) is 20.4 Å². The molecular weight excluding hydrogens is 270 g/mol. The highest BCUT2D eigenvalue weighted by molar-refractivity contribution is 5.74. The highest BCUT2D eigenvalue weighted by atomic mass is 16.5. The molecule has 0 aliphatic carbocycles. The monoisotopic (exact) mass is 287 g/mol. The standard InChI is InChI=1S/C14H17N5O2/c1-10(16-14(20)19-8-2-3-9-19)13-17-12(18-21-13)11-4-6-15-7-5-11/h4-7,10H,2-3,8-9H2,1H3,(H,16,20). The SMILES string of the molecule is CC(NC(=O)N1CCCC1)c1nc(-c2ccncc2)no1. The van der Waals surface area contributed by atoms with Gasteiger partial charge in [-0.15, -0.1) is 0 Å². The van der Waals surface area contributed by atoms with Gasteiger partial charge in [0.2, 0.25) is 11.7 Å². The quantitative estimate of drug-likeness (QED) is 0.933. The highest BCUT2D eigenvalue weighted by Crippen LogP contribution is 2.18. The summed E-state index contributed by atoms with van der Waals surface area (Å²) in [5.41, 5.74) is 0.832. The smallest absolute Gasteiger partial charge is 0.318 e. The summed E-state index contributed by atoms with van der Waals surface area (Å²) in [7, 11) is 0. The van der Waals surface area contributed by atoms with Crippen LogP contribution >= 0.6 is 0 Å². The van der Waals surface area contributed by atoms with Gasteiger partial charge in [-0.05, 0) is 31.9 Å². The molecule has 2 aromatic rings. The minimum Gasteiger partial charge on any atom is -0.337 e. The summed E-state index contributed by atoms with van der Waals surface area (Å²) in [5.74, 6) is 0.893. The molecule has 0 spiro atoms. The summed E-state index contributed by atoms with van der Waals surface area (Å²) >= 11 is 0. The molecule has 21 heavy (non-hydrogen) atoms. The van der Waals surface area contributed by atoms with E-state index in [1.54, 1.807) is 17.3 Å². The van der Waals surface area contributed by atoms with E-state index in [0.717, 1.165) is 31.5 Å². The van der Waals surface area contributed by atoms with Crippen LogP contribution in [0.25, 0.3) is 11.4 Å². The fourth-order valence-electron chi connectivity index (χ4n) is 2.29. The van der Waals surface area contributed by atoms with E-state index in [4.69, 9.17) is 4.52 Å². The van der Waals surface area contributed by atoms with Gasteiger partial charge in [0.05, 0.1) is 0 Å². The largest absolute Gasteiger partial charge is 0.337 e. The molecule has 7 nitrogen and oxygen atoms in total. The van der Waals surface area contributed by atoms with Crippen molar-refractivity contribution >= 4 is 6.03 Å². The van der Waals surface area contributed by atoms with Crippen LogP contribution in [0.2, 0.25) is 0 Å². The molecule has 3 rings (SSSR count). The van der Waals surface area contributed by atoms with E-state index in [9.17, 15) is 4.79 Å². The van der Waals surface area contributed by atoms with Crippen molar-refractivity contribution in [1.29, 1.82) is 0 Å². The van der Waals surface area contributed by atoms with E-state index in [-0.39, 0.29) is 12.1 Å². The lowest BCUT2D eigenvalue weighted by molar-refractivity contribution is 0.202. The molecule has 2 amide bonds. The second kappa shape index (κ2) is 5.90. The molecule has 1 aliphatic rings. The van der Waals surface area contributed by atoms with Crippen LogP contribution in [0, 0.1) is 0 Å². The minimum absolute atomic E-state index is 0.0799. The summed E-state index contributed by atoms with van der Waals surface area (Å²) in [6, 6.07) is 3.22. The zero-order valence-corrected chi connectivity index (χ0v) is 11.8. The lowest BCUT2D eigenvalue weighted by Gasteiger charge is -2.18. The number of carbonyl (C=O) groups is 1. The molecule has 1 atom stereocenters. The molecule has 7 heteroatoms. The molecule has 0 saturated carbocycles. The van der Waals surface area contributed by atoms with Crippen LogP contribution in [0.4, 0.5) is 4.79 Å². The normalized spacial score (nSPS) is 16.0. The van der Waals surface area contributed by atoms with Crippen molar-refractivity contribution < 1.29 is 9.32 Å². The van der Waals surface area contributed by atoms with E-state index < -0.39 is 0 Å². The van der Waals surface area contributed by atoms with Crippen molar-refractivity contribution in [2.75, 3.05) is 13.1 Å². The summed E-state index contributed by atoms with van der Waals surface area (Å²) < 4.78 is 5.23. The Hall–Kier alpha value is -2.44. The number of nitrogens with one attached hydrogen (secondary N) is 1. The van der Waals surface area contributed by atoms with Crippen LogP contribution in [0.15, 0.2) is 29.0 Å². The number of urea groups is 1. The number of aromatic nitrogens is 3. The van der Waals surface area contributed by atoms with E-state index in [1.807, 2.05) is 19.1 Å². The Kier molecular flexibility index (Phi) is 3.81. The topological polar surface area (TPSA) is 84.2 Å². The Morgan fingerprint density at radius 3 is 2.76 bits per heavy atom. The Balaban J connectivity index is 1.66. The van der Waals surface area contributed by atoms with Crippen LogP contribution in [0.1, 0.15) is 31.7 Å². The Morgan fingerprint density at radius 1 is 1.33 bits per heavy atom. The molecule has 3 heterocycles. The maximum absolute atomic E-state index is 12.0. The third-order valence-electron chi connectivity index (χ3n) is 3.48. The molecule has 0 radical (unpaired) electrons. The van der Waals surface area contributed by atoms with E-state index >= 15 is 0 Å². The van der Waals surface area contributed by atoms with Crippen LogP contribution in [0.3, 0.4) is 0 Å². The third-order valence-corrected chi connectivity index (χ3v) is 3.48. The molecule has 1 N–H and O–H groups in total. The van der Waals surface area contributed by atoms with Crippen LogP contribution in [0.5, 0.6) is 0 Å². The third kappa shape index (κ3) is 3.01. The van der Waals surface area contributed by atoms with Crippen molar-refractivity contribution in [1.82, 2.24) is 25.3 Å². The van der Waals surface area contributed by atoms with Crippen molar-refractivity contribution in [2.45, 2.75) is 25.8 Å². The van der Waals surface area contributed by atoms with Crippen molar-refractivity contribution in [3.8, 4) is 11.4 Å². The molecule has 1 saturated heterocycles. The van der Waals surface area contributed by atoms with Crippen LogP contribution in [-0.4, -0.2) is 39.1 Å². The van der Waals surface area contributed by atoms with Gasteiger partial charge < -0.3 is 14.7 Å². The lowest BCUT2D eigenvalue weighted by atomic mass is 10.2. The number of carbonyl (C=O) groups excluding carboxylic acids is 1. The van der Waals surface area contributed by atoms with Crippen LogP contribution in [-0.2, 0) is 0 Å². The van der Waals surface area contributed by atoms with Crippen molar-refractivity contribution in [2.24, 2.45) is 0 Å². The van der Waals surface area contributed by atoms with Gasteiger partial charge in [-0.1, -0.05) is 5.16 Å². The Labute approximate surface area is 122 Å². The Bertz CT molecular complexity index is 607. The van der Waals surface area contributed by atoms with E-state index in [0.29, 0.717) is 11.7 Å². The van der Waals surface area contributed by atoms with Gasteiger partial charge in [0.25, 0.3) is 0 Å².